The van der Waals surface area contributed by atoms with Crippen LogP contribution in [-0.2, 0) is 11.3 Å². The van der Waals surface area contributed by atoms with Gasteiger partial charge in [-0.3, -0.25) is 14.4 Å². The number of nitrogens with zero attached hydrogens (tertiary/aromatic N) is 2. The van der Waals surface area contributed by atoms with Crippen LogP contribution < -0.4 is 29.6 Å². The molecule has 3 amide bonds. The molecule has 4 heterocycles. The zero-order valence-corrected chi connectivity index (χ0v) is 22.2. The summed E-state index contributed by atoms with van der Waals surface area (Å²) < 4.78 is 22.9. The van der Waals surface area contributed by atoms with Gasteiger partial charge in [0, 0.05) is 24.8 Å². The number of pyridine rings is 1. The third kappa shape index (κ3) is 5.93. The zero-order chi connectivity index (χ0) is 28.1. The Morgan fingerprint density at radius 1 is 1.12 bits per heavy atom. The maximum Gasteiger partial charge on any atom is 0.259 e. The van der Waals surface area contributed by atoms with Gasteiger partial charge in [-0.05, 0) is 55.0 Å². The van der Waals surface area contributed by atoms with Crippen LogP contribution in [-0.4, -0.2) is 73.2 Å². The van der Waals surface area contributed by atoms with Gasteiger partial charge in [0.15, 0.2) is 18.1 Å². The van der Waals surface area contributed by atoms with Crippen LogP contribution in [0.3, 0.4) is 0 Å². The molecule has 2 aromatic carbocycles. The van der Waals surface area contributed by atoms with Gasteiger partial charge in [0.05, 0.1) is 26.3 Å². The molecule has 3 aromatic rings. The van der Waals surface area contributed by atoms with Gasteiger partial charge >= 0.3 is 0 Å². The third-order valence-electron chi connectivity index (χ3n) is 6.64. The Bertz CT molecular complexity index is 1400. The Morgan fingerprint density at radius 3 is 2.73 bits per heavy atom. The van der Waals surface area contributed by atoms with Gasteiger partial charge in [-0.25, -0.2) is 4.98 Å². The van der Waals surface area contributed by atoms with Gasteiger partial charge in [-0.15, -0.1) is 0 Å². The maximum absolute atomic E-state index is 13.5. The maximum atomic E-state index is 13.5. The number of hydrogen-bond acceptors (Lipinski definition) is 8. The van der Waals surface area contributed by atoms with E-state index in [0.717, 1.165) is 5.56 Å². The van der Waals surface area contributed by atoms with E-state index in [1.807, 2.05) is 19.1 Å². The quantitative estimate of drug-likeness (QED) is 0.510. The molecular formula is C29H30N4O7. The molecule has 208 valence electrons. The van der Waals surface area contributed by atoms with E-state index in [1.165, 1.54) is 13.2 Å². The van der Waals surface area contributed by atoms with Crippen molar-refractivity contribution in [2.24, 2.45) is 0 Å². The first kappa shape index (κ1) is 26.8. The summed E-state index contributed by atoms with van der Waals surface area (Å²) >= 11 is 0. The average Bonchev–Trinajstić information content (AvgIpc) is 3.36. The van der Waals surface area contributed by atoms with E-state index in [2.05, 4.69) is 15.6 Å². The molecule has 0 saturated carbocycles. The van der Waals surface area contributed by atoms with E-state index >= 15 is 0 Å². The highest BCUT2D eigenvalue weighted by Crippen LogP contribution is 2.29. The molecule has 2 N–H and O–H groups in total. The smallest absolute Gasteiger partial charge is 0.259 e. The van der Waals surface area contributed by atoms with Crippen molar-refractivity contribution < 1.29 is 33.3 Å². The lowest BCUT2D eigenvalue weighted by Crippen LogP contribution is -2.45. The molecule has 0 aliphatic carbocycles. The molecule has 1 saturated heterocycles. The summed E-state index contributed by atoms with van der Waals surface area (Å²) in [7, 11) is 1.48. The van der Waals surface area contributed by atoms with E-state index in [4.69, 9.17) is 18.9 Å². The summed E-state index contributed by atoms with van der Waals surface area (Å²) in [4.78, 5) is 45.1. The highest BCUT2D eigenvalue weighted by molar-refractivity contribution is 5.97. The highest BCUT2D eigenvalue weighted by Gasteiger charge is 2.39. The van der Waals surface area contributed by atoms with Gasteiger partial charge in [-0.1, -0.05) is 12.1 Å². The van der Waals surface area contributed by atoms with E-state index in [-0.39, 0.29) is 49.0 Å². The number of ether oxygens (including phenoxy) is 4. The van der Waals surface area contributed by atoms with Crippen molar-refractivity contribution >= 4 is 17.7 Å². The molecule has 0 radical (unpaired) electrons. The molecular weight excluding hydrogens is 516 g/mol. The molecule has 3 aliphatic rings. The van der Waals surface area contributed by atoms with Crippen LogP contribution in [0.1, 0.15) is 33.2 Å². The summed E-state index contributed by atoms with van der Waals surface area (Å²) in [5.74, 6) is 0.505. The van der Waals surface area contributed by atoms with Gasteiger partial charge in [0.2, 0.25) is 5.88 Å². The molecule has 2 atom stereocenters. The number of aromatic nitrogens is 1. The average molecular weight is 547 g/mol. The fourth-order valence-corrected chi connectivity index (χ4v) is 4.61. The predicted octanol–water partition coefficient (Wildman–Crippen LogP) is 2.20. The normalized spacial score (nSPS) is 18.9. The van der Waals surface area contributed by atoms with Crippen molar-refractivity contribution in [1.82, 2.24) is 20.5 Å². The number of benzene rings is 2. The predicted molar refractivity (Wildman–Crippen MR) is 144 cm³/mol. The standard InChI is InChI=1S/C29H30N4O7/c1-3-38-28-21(5-4-12-30-28)29(36)33-15-22-25(16-33)40-20-9-6-18(7-10-20)14-31-26(34)17-39-24-13-19(27(35)32-22)8-11-23(24)37-2/h4-13,22,25H,3,14-17H2,1-2H3,(H,31,34)(H,32,35)/t22-,25-/m0/s1. The molecule has 0 spiro atoms. The minimum atomic E-state index is -0.532. The van der Waals surface area contributed by atoms with E-state index in [9.17, 15) is 14.4 Å². The summed E-state index contributed by atoms with van der Waals surface area (Å²) in [6.45, 7) is 2.70. The van der Waals surface area contributed by atoms with Crippen LogP contribution in [0.2, 0.25) is 0 Å². The first-order valence-corrected chi connectivity index (χ1v) is 13.0. The van der Waals surface area contributed by atoms with Crippen LogP contribution in [0, 0.1) is 0 Å². The number of nitrogens with one attached hydrogen (secondary N) is 2. The monoisotopic (exact) mass is 546 g/mol. The first-order valence-electron chi connectivity index (χ1n) is 13.0. The van der Waals surface area contributed by atoms with Crippen molar-refractivity contribution in [1.29, 1.82) is 0 Å². The van der Waals surface area contributed by atoms with Crippen LogP contribution in [0.25, 0.3) is 0 Å². The number of amides is 3. The summed E-state index contributed by atoms with van der Waals surface area (Å²) in [6, 6.07) is 14.8. The summed E-state index contributed by atoms with van der Waals surface area (Å²) in [6.07, 6.45) is 1.04. The van der Waals surface area contributed by atoms with Crippen LogP contribution in [0.15, 0.2) is 60.8 Å². The Morgan fingerprint density at radius 2 is 1.95 bits per heavy atom. The molecule has 1 aromatic heterocycles. The largest absolute Gasteiger partial charge is 0.493 e. The lowest BCUT2D eigenvalue weighted by atomic mass is 10.1. The highest BCUT2D eigenvalue weighted by atomic mass is 16.5. The second kappa shape index (κ2) is 11.9. The minimum absolute atomic E-state index is 0.214. The van der Waals surface area contributed by atoms with Crippen LogP contribution in [0.4, 0.5) is 0 Å². The zero-order valence-electron chi connectivity index (χ0n) is 22.2. The number of likely N-dealkylation sites (tertiary alicyclic amines) is 1. The van der Waals surface area contributed by atoms with Gasteiger partial charge < -0.3 is 34.5 Å². The van der Waals surface area contributed by atoms with Gasteiger partial charge in [0.25, 0.3) is 17.7 Å². The number of carbonyl (C=O) groups is 3. The number of hydrogen-bond donors (Lipinski definition) is 2. The molecule has 4 bridgehead atoms. The molecule has 1 fully saturated rings. The number of fused-ring (bicyclic) bond motifs is 7. The Labute approximate surface area is 231 Å². The second-order valence-corrected chi connectivity index (χ2v) is 9.31. The van der Waals surface area contributed by atoms with Crippen molar-refractivity contribution in [3.63, 3.8) is 0 Å². The first-order chi connectivity index (χ1) is 19.4. The van der Waals surface area contributed by atoms with Crippen molar-refractivity contribution in [3.8, 4) is 23.1 Å². The lowest BCUT2D eigenvalue weighted by Gasteiger charge is -2.21. The fraction of sp³-hybridized carbons (Fsp3) is 0.310. The molecule has 11 heteroatoms. The van der Waals surface area contributed by atoms with Crippen LogP contribution in [0.5, 0.6) is 23.1 Å². The molecule has 11 nitrogen and oxygen atoms in total. The summed E-state index contributed by atoms with van der Waals surface area (Å²) in [5.41, 5.74) is 1.52. The Hall–Kier alpha value is -4.80. The lowest BCUT2D eigenvalue weighted by molar-refractivity contribution is -0.123. The van der Waals surface area contributed by atoms with Gasteiger partial charge in [-0.2, -0.15) is 0 Å². The fourth-order valence-electron chi connectivity index (χ4n) is 4.61. The molecule has 40 heavy (non-hydrogen) atoms. The Balaban J connectivity index is 1.45. The van der Waals surface area contributed by atoms with E-state index in [0.29, 0.717) is 35.8 Å². The van der Waals surface area contributed by atoms with Crippen LogP contribution >= 0.6 is 0 Å². The van der Waals surface area contributed by atoms with Crippen molar-refractivity contribution in [3.05, 3.63) is 77.5 Å². The number of carbonyl (C=O) groups excluding carboxylic acids is 3. The SMILES string of the molecule is CCOc1ncccc1C(=O)N1C[C@@H]2NC(=O)c3ccc(OC)c(c3)OCC(=O)NCc3ccc(cc3)O[C@H]2C1. The molecule has 6 rings (SSSR count). The van der Waals surface area contributed by atoms with Gasteiger partial charge in [0.1, 0.15) is 17.4 Å². The molecule has 0 unspecified atom stereocenters. The van der Waals surface area contributed by atoms with Crippen molar-refractivity contribution in [2.75, 3.05) is 33.4 Å². The second-order valence-electron chi connectivity index (χ2n) is 9.31. The summed E-state index contributed by atoms with van der Waals surface area (Å²) in [5, 5.41) is 5.82. The number of methoxy groups -OCH3 is 1. The number of rotatable bonds is 4. The Kier molecular flexibility index (Phi) is 7.99. The van der Waals surface area contributed by atoms with E-state index < -0.39 is 12.1 Å². The van der Waals surface area contributed by atoms with Crippen molar-refractivity contribution in [2.45, 2.75) is 25.6 Å². The van der Waals surface area contributed by atoms with E-state index in [1.54, 1.807) is 47.5 Å². The minimum Gasteiger partial charge on any atom is -0.493 e. The third-order valence-corrected chi connectivity index (χ3v) is 6.64. The molecule has 3 aliphatic heterocycles. The topological polar surface area (TPSA) is 128 Å².